The van der Waals surface area contributed by atoms with Crippen molar-refractivity contribution in [1.29, 1.82) is 0 Å². The average Bonchev–Trinajstić information content (AvgIpc) is 2.83. The highest BCUT2D eigenvalue weighted by Gasteiger charge is 2.37. The Morgan fingerprint density at radius 3 is 2.10 bits per heavy atom. The lowest BCUT2D eigenvalue weighted by Crippen LogP contribution is -2.53. The van der Waals surface area contributed by atoms with Gasteiger partial charge in [-0.05, 0) is 76.1 Å². The molecule has 2 unspecified atom stereocenters. The third-order valence-electron chi connectivity index (χ3n) is 6.43. The number of carbonyl (C=O) groups is 3. The number of ether oxygens (including phenoxy) is 1. The molecule has 214 valence electrons. The van der Waals surface area contributed by atoms with E-state index in [9.17, 15) is 14.4 Å². The van der Waals surface area contributed by atoms with Crippen LogP contribution in [0.4, 0.5) is 10.5 Å². The van der Waals surface area contributed by atoms with E-state index in [4.69, 9.17) is 4.74 Å². The number of alkyl carbamates (subject to hydrolysis) is 1. The van der Waals surface area contributed by atoms with Gasteiger partial charge in [-0.3, -0.25) is 9.59 Å². The van der Waals surface area contributed by atoms with Gasteiger partial charge in [0.05, 0.1) is 0 Å². The van der Waals surface area contributed by atoms with Crippen molar-refractivity contribution >= 4 is 23.6 Å². The van der Waals surface area contributed by atoms with Gasteiger partial charge in [-0.25, -0.2) is 4.79 Å². The van der Waals surface area contributed by atoms with Gasteiger partial charge < -0.3 is 20.3 Å². The molecule has 0 spiro atoms. The van der Waals surface area contributed by atoms with Crippen LogP contribution in [0.1, 0.15) is 90.0 Å². The molecule has 39 heavy (non-hydrogen) atoms. The van der Waals surface area contributed by atoms with Crippen LogP contribution in [0.15, 0.2) is 48.5 Å². The van der Waals surface area contributed by atoms with Gasteiger partial charge >= 0.3 is 6.09 Å². The topological polar surface area (TPSA) is 87.7 Å². The van der Waals surface area contributed by atoms with Gasteiger partial charge in [-0.1, -0.05) is 76.1 Å². The molecule has 7 heteroatoms. The Hall–Kier alpha value is -3.35. The van der Waals surface area contributed by atoms with Crippen molar-refractivity contribution < 1.29 is 19.1 Å². The maximum absolute atomic E-state index is 14.3. The van der Waals surface area contributed by atoms with Gasteiger partial charge in [0, 0.05) is 12.2 Å². The molecule has 2 atom stereocenters. The van der Waals surface area contributed by atoms with Crippen LogP contribution in [-0.2, 0) is 14.3 Å². The number of amides is 3. The average molecular weight is 538 g/mol. The number of hydrogen-bond acceptors (Lipinski definition) is 4. The maximum Gasteiger partial charge on any atom is 0.408 e. The molecule has 3 amide bonds. The number of para-hydroxylation sites is 1. The number of nitrogens with one attached hydrogen (secondary N) is 2. The maximum atomic E-state index is 14.3. The minimum absolute atomic E-state index is 0.129. The highest BCUT2D eigenvalue weighted by molar-refractivity contribution is 5.99. The number of carbonyl (C=O) groups excluding carboxylic acids is 3. The van der Waals surface area contributed by atoms with Crippen LogP contribution in [0.3, 0.4) is 0 Å². The second kappa shape index (κ2) is 14.7. The summed E-state index contributed by atoms with van der Waals surface area (Å²) in [5.74, 6) is -0.452. The third kappa shape index (κ3) is 10.0. The zero-order valence-corrected chi connectivity index (χ0v) is 25.0. The highest BCUT2D eigenvalue weighted by Crippen LogP contribution is 2.29. The SMILES string of the molecule is CCCCCN(C(=O)C(CC(C)C)NC(=O)OC(C)(C)C)C(C(=O)Nc1ccccc1C)c1ccccc1C. The molecule has 0 aliphatic rings. The molecule has 2 aromatic rings. The summed E-state index contributed by atoms with van der Waals surface area (Å²) in [7, 11) is 0. The zero-order chi connectivity index (χ0) is 29.2. The van der Waals surface area contributed by atoms with Gasteiger partial charge in [-0.15, -0.1) is 0 Å². The Kier molecular flexibility index (Phi) is 12.0. The molecule has 0 aliphatic carbocycles. The van der Waals surface area contributed by atoms with E-state index in [1.807, 2.05) is 76.2 Å². The molecular formula is C32H47N3O4. The van der Waals surface area contributed by atoms with E-state index < -0.39 is 23.8 Å². The first-order valence-corrected chi connectivity index (χ1v) is 14.1. The van der Waals surface area contributed by atoms with E-state index in [-0.39, 0.29) is 17.7 Å². The lowest BCUT2D eigenvalue weighted by molar-refractivity contribution is -0.141. The predicted octanol–water partition coefficient (Wildman–Crippen LogP) is 6.94. The fourth-order valence-corrected chi connectivity index (χ4v) is 4.50. The summed E-state index contributed by atoms with van der Waals surface area (Å²) in [4.78, 5) is 42.7. The van der Waals surface area contributed by atoms with Crippen molar-refractivity contribution in [3.63, 3.8) is 0 Å². The Morgan fingerprint density at radius 2 is 1.54 bits per heavy atom. The quantitative estimate of drug-likeness (QED) is 0.287. The molecule has 0 bridgehead atoms. The molecule has 0 saturated carbocycles. The summed E-state index contributed by atoms with van der Waals surface area (Å²) >= 11 is 0. The number of rotatable bonds is 12. The van der Waals surface area contributed by atoms with E-state index in [0.717, 1.165) is 36.0 Å². The largest absolute Gasteiger partial charge is 0.444 e. The Balaban J connectivity index is 2.56. The number of unbranched alkanes of at least 4 members (excludes halogenated alkanes) is 2. The molecule has 2 rings (SSSR count). The van der Waals surface area contributed by atoms with Gasteiger partial charge in [-0.2, -0.15) is 0 Å². The summed E-state index contributed by atoms with van der Waals surface area (Å²) < 4.78 is 5.48. The van der Waals surface area contributed by atoms with E-state index in [1.165, 1.54) is 0 Å². The van der Waals surface area contributed by atoms with Crippen LogP contribution >= 0.6 is 0 Å². The minimum atomic E-state index is -0.870. The number of aryl methyl sites for hydroxylation is 2. The smallest absolute Gasteiger partial charge is 0.408 e. The fraction of sp³-hybridized carbons (Fsp3) is 0.531. The highest BCUT2D eigenvalue weighted by atomic mass is 16.6. The fourth-order valence-electron chi connectivity index (χ4n) is 4.50. The normalized spacial score (nSPS) is 12.9. The molecule has 0 radical (unpaired) electrons. The van der Waals surface area contributed by atoms with E-state index in [0.29, 0.717) is 18.7 Å². The first-order chi connectivity index (χ1) is 18.3. The van der Waals surface area contributed by atoms with Crippen molar-refractivity contribution in [2.75, 3.05) is 11.9 Å². The molecule has 0 aromatic heterocycles. The Bertz CT molecular complexity index is 1110. The molecule has 0 saturated heterocycles. The van der Waals surface area contributed by atoms with Crippen molar-refractivity contribution in [2.24, 2.45) is 5.92 Å². The number of hydrogen-bond donors (Lipinski definition) is 2. The molecule has 2 N–H and O–H groups in total. The monoisotopic (exact) mass is 537 g/mol. The number of nitrogens with zero attached hydrogens (tertiary/aromatic N) is 1. The van der Waals surface area contributed by atoms with Gasteiger partial charge in [0.1, 0.15) is 17.7 Å². The van der Waals surface area contributed by atoms with Gasteiger partial charge in [0.2, 0.25) is 5.91 Å². The molecule has 0 heterocycles. The summed E-state index contributed by atoms with van der Waals surface area (Å²) in [6.45, 7) is 15.7. The van der Waals surface area contributed by atoms with Crippen molar-refractivity contribution in [1.82, 2.24) is 10.2 Å². The molecule has 0 fully saturated rings. The Morgan fingerprint density at radius 1 is 0.923 bits per heavy atom. The minimum Gasteiger partial charge on any atom is -0.444 e. The Labute approximate surface area is 234 Å². The van der Waals surface area contributed by atoms with Crippen molar-refractivity contribution in [3.8, 4) is 0 Å². The number of benzene rings is 2. The van der Waals surface area contributed by atoms with Crippen LogP contribution in [0.2, 0.25) is 0 Å². The first-order valence-electron chi connectivity index (χ1n) is 14.1. The van der Waals surface area contributed by atoms with E-state index in [2.05, 4.69) is 17.6 Å². The summed E-state index contributed by atoms with van der Waals surface area (Å²) in [5.41, 5.74) is 2.60. The van der Waals surface area contributed by atoms with E-state index in [1.54, 1.807) is 25.7 Å². The van der Waals surface area contributed by atoms with Crippen LogP contribution in [0, 0.1) is 19.8 Å². The summed E-state index contributed by atoms with van der Waals surface area (Å²) in [6.07, 6.45) is 2.40. The summed E-state index contributed by atoms with van der Waals surface area (Å²) in [5, 5.41) is 5.88. The van der Waals surface area contributed by atoms with Crippen LogP contribution in [0.25, 0.3) is 0 Å². The van der Waals surface area contributed by atoms with Crippen LogP contribution < -0.4 is 10.6 Å². The van der Waals surface area contributed by atoms with Crippen LogP contribution in [-0.4, -0.2) is 41.0 Å². The molecular weight excluding hydrogens is 490 g/mol. The zero-order valence-electron chi connectivity index (χ0n) is 25.0. The van der Waals surface area contributed by atoms with Crippen LogP contribution in [0.5, 0.6) is 0 Å². The van der Waals surface area contributed by atoms with Crippen molar-refractivity contribution in [3.05, 3.63) is 65.2 Å². The lowest BCUT2D eigenvalue weighted by atomic mass is 9.96. The van der Waals surface area contributed by atoms with E-state index >= 15 is 0 Å². The van der Waals surface area contributed by atoms with Crippen molar-refractivity contribution in [2.45, 2.75) is 98.8 Å². The summed E-state index contributed by atoms with van der Waals surface area (Å²) in [6, 6.07) is 13.5. The second-order valence-electron chi connectivity index (χ2n) is 11.6. The lowest BCUT2D eigenvalue weighted by Gasteiger charge is -2.35. The standard InChI is InChI=1S/C32H47N3O4/c1-9-10-15-20-35(30(37)27(21-22(2)3)34-31(38)39-32(6,7)8)28(25-18-13-11-16-23(25)4)29(36)33-26-19-14-12-17-24(26)5/h11-14,16-19,22,27-28H,9-10,15,20-21H2,1-8H3,(H,33,36)(H,34,38). The third-order valence-corrected chi connectivity index (χ3v) is 6.43. The van der Waals surface area contributed by atoms with Gasteiger partial charge in [0.25, 0.3) is 5.91 Å². The molecule has 0 aliphatic heterocycles. The first kappa shape index (κ1) is 31.9. The van der Waals surface area contributed by atoms with Gasteiger partial charge in [0.15, 0.2) is 0 Å². The molecule has 2 aromatic carbocycles. The molecule has 7 nitrogen and oxygen atoms in total. The second-order valence-corrected chi connectivity index (χ2v) is 11.6. The predicted molar refractivity (Wildman–Crippen MR) is 158 cm³/mol. The number of anilines is 1.